The number of rotatable bonds is 4. The van der Waals surface area contributed by atoms with Crippen molar-refractivity contribution in [2.24, 2.45) is 0 Å². The van der Waals surface area contributed by atoms with E-state index < -0.39 is 0 Å². The Morgan fingerprint density at radius 3 is 2.56 bits per heavy atom. The molecule has 0 radical (unpaired) electrons. The summed E-state index contributed by atoms with van der Waals surface area (Å²) in [5.41, 5.74) is 1.76. The lowest BCUT2D eigenvalue weighted by Crippen LogP contribution is -1.96. The number of nitrogens with zero attached hydrogens (tertiary/aromatic N) is 5. The van der Waals surface area contributed by atoms with Crippen molar-refractivity contribution in [2.75, 3.05) is 0 Å². The van der Waals surface area contributed by atoms with E-state index in [0.29, 0.717) is 17.5 Å². The summed E-state index contributed by atoms with van der Waals surface area (Å²) < 4.78 is 7.80. The van der Waals surface area contributed by atoms with Crippen LogP contribution in [-0.4, -0.2) is 24.7 Å². The SMILES string of the molecule is c1csc(-c2nc(Oc3ccc(-n4cncn4)cc3)c3ccccc3n2)c1. The molecule has 0 aliphatic heterocycles. The molecule has 0 bridgehead atoms. The van der Waals surface area contributed by atoms with Crippen LogP contribution in [0.3, 0.4) is 0 Å². The number of hydrogen-bond donors (Lipinski definition) is 0. The van der Waals surface area contributed by atoms with E-state index in [4.69, 9.17) is 4.74 Å². The molecule has 0 amide bonds. The topological polar surface area (TPSA) is 65.7 Å². The fourth-order valence-electron chi connectivity index (χ4n) is 2.76. The van der Waals surface area contributed by atoms with Crippen molar-refractivity contribution >= 4 is 22.2 Å². The number of ether oxygens (including phenoxy) is 1. The summed E-state index contributed by atoms with van der Waals surface area (Å²) in [5, 5.41) is 7.01. The standard InChI is InChI=1S/C20H13N5OS/c1-2-5-17-16(4-1)20(24-19(23-17)18-6-3-11-27-18)26-15-9-7-14(8-10-15)25-13-21-12-22-25/h1-13H. The molecule has 0 aliphatic rings. The minimum Gasteiger partial charge on any atom is -0.438 e. The van der Waals surface area contributed by atoms with Crippen LogP contribution in [0, 0.1) is 0 Å². The maximum Gasteiger partial charge on any atom is 0.230 e. The third-order valence-corrected chi connectivity index (χ3v) is 4.91. The normalized spacial score (nSPS) is 11.0. The molecule has 7 heteroatoms. The molecule has 3 aromatic heterocycles. The Kier molecular flexibility index (Phi) is 3.84. The van der Waals surface area contributed by atoms with E-state index in [0.717, 1.165) is 21.5 Å². The number of aromatic nitrogens is 5. The Morgan fingerprint density at radius 1 is 0.889 bits per heavy atom. The van der Waals surface area contributed by atoms with Gasteiger partial charge in [0.15, 0.2) is 5.82 Å². The predicted octanol–water partition coefficient (Wildman–Crippen LogP) is 4.73. The molecule has 0 saturated heterocycles. The smallest absolute Gasteiger partial charge is 0.230 e. The van der Waals surface area contributed by atoms with Gasteiger partial charge in [-0.05, 0) is 47.8 Å². The monoisotopic (exact) mass is 371 g/mol. The van der Waals surface area contributed by atoms with Crippen LogP contribution in [0.25, 0.3) is 27.3 Å². The van der Waals surface area contributed by atoms with Gasteiger partial charge in [-0.2, -0.15) is 10.1 Å². The molecule has 6 nitrogen and oxygen atoms in total. The molecule has 3 heterocycles. The summed E-state index contributed by atoms with van der Waals surface area (Å²) in [6.07, 6.45) is 3.16. The van der Waals surface area contributed by atoms with E-state index in [-0.39, 0.29) is 0 Å². The molecule has 0 spiro atoms. The van der Waals surface area contributed by atoms with E-state index >= 15 is 0 Å². The van der Waals surface area contributed by atoms with Crippen molar-refractivity contribution in [3.8, 4) is 28.0 Å². The average Bonchev–Trinajstić information content (AvgIpc) is 3.43. The zero-order chi connectivity index (χ0) is 18.1. The zero-order valence-electron chi connectivity index (χ0n) is 14.1. The Labute approximate surface area is 158 Å². The molecule has 5 rings (SSSR count). The molecule has 0 N–H and O–H groups in total. The van der Waals surface area contributed by atoms with Crippen molar-refractivity contribution in [3.05, 3.63) is 78.7 Å². The Hall–Kier alpha value is -3.58. The van der Waals surface area contributed by atoms with Gasteiger partial charge in [0.2, 0.25) is 5.88 Å². The van der Waals surface area contributed by atoms with Gasteiger partial charge in [-0.15, -0.1) is 11.3 Å². The minimum absolute atomic E-state index is 0.539. The number of benzene rings is 2. The van der Waals surface area contributed by atoms with E-state index in [1.54, 1.807) is 22.3 Å². The molecule has 27 heavy (non-hydrogen) atoms. The lowest BCUT2D eigenvalue weighted by Gasteiger charge is -2.10. The summed E-state index contributed by atoms with van der Waals surface area (Å²) in [4.78, 5) is 14.3. The third kappa shape index (κ3) is 3.04. The summed E-state index contributed by atoms with van der Waals surface area (Å²) >= 11 is 1.60. The van der Waals surface area contributed by atoms with E-state index in [1.165, 1.54) is 6.33 Å². The first-order chi connectivity index (χ1) is 13.4. The van der Waals surface area contributed by atoms with Gasteiger partial charge >= 0.3 is 0 Å². The van der Waals surface area contributed by atoms with Gasteiger partial charge in [-0.25, -0.2) is 14.6 Å². The van der Waals surface area contributed by atoms with Gasteiger partial charge in [0.25, 0.3) is 0 Å². The molecule has 0 saturated carbocycles. The summed E-state index contributed by atoms with van der Waals surface area (Å²) in [7, 11) is 0. The van der Waals surface area contributed by atoms with Crippen LogP contribution in [0.1, 0.15) is 0 Å². The molecule has 5 aromatic rings. The van der Waals surface area contributed by atoms with Gasteiger partial charge < -0.3 is 4.74 Å². The molecule has 2 aromatic carbocycles. The van der Waals surface area contributed by atoms with Crippen molar-refractivity contribution in [1.29, 1.82) is 0 Å². The molecule has 0 fully saturated rings. The van der Waals surface area contributed by atoms with Crippen molar-refractivity contribution < 1.29 is 4.74 Å². The van der Waals surface area contributed by atoms with Gasteiger partial charge in [-0.3, -0.25) is 0 Å². The number of thiophene rings is 1. The Bertz CT molecular complexity index is 1190. The van der Waals surface area contributed by atoms with Crippen molar-refractivity contribution in [2.45, 2.75) is 0 Å². The Balaban J connectivity index is 1.54. The second kappa shape index (κ2) is 6.62. The first-order valence-electron chi connectivity index (χ1n) is 8.30. The number of fused-ring (bicyclic) bond motifs is 1. The fraction of sp³-hybridized carbons (Fsp3) is 0. The lowest BCUT2D eigenvalue weighted by molar-refractivity contribution is 0.469. The van der Waals surface area contributed by atoms with Gasteiger partial charge in [0.1, 0.15) is 18.4 Å². The molecular formula is C20H13N5OS. The van der Waals surface area contributed by atoms with Crippen LogP contribution in [0.15, 0.2) is 78.7 Å². The highest BCUT2D eigenvalue weighted by molar-refractivity contribution is 7.13. The number of para-hydroxylation sites is 1. The fourth-order valence-corrected chi connectivity index (χ4v) is 3.42. The van der Waals surface area contributed by atoms with Gasteiger partial charge in [-0.1, -0.05) is 18.2 Å². The molecule has 130 valence electrons. The van der Waals surface area contributed by atoms with Crippen LogP contribution in [-0.2, 0) is 0 Å². The molecule has 0 aliphatic carbocycles. The van der Waals surface area contributed by atoms with E-state index in [9.17, 15) is 0 Å². The summed E-state index contributed by atoms with van der Waals surface area (Å²) in [6, 6.07) is 19.5. The number of hydrogen-bond acceptors (Lipinski definition) is 6. The van der Waals surface area contributed by atoms with Crippen molar-refractivity contribution in [1.82, 2.24) is 24.7 Å². The maximum atomic E-state index is 6.11. The largest absolute Gasteiger partial charge is 0.438 e. The molecule has 0 atom stereocenters. The quantitative estimate of drug-likeness (QED) is 0.457. The predicted molar refractivity (Wildman–Crippen MR) is 104 cm³/mol. The van der Waals surface area contributed by atoms with Crippen LogP contribution in [0.5, 0.6) is 11.6 Å². The second-order valence-corrected chi connectivity index (χ2v) is 6.73. The van der Waals surface area contributed by atoms with E-state index in [1.807, 2.05) is 66.0 Å². The van der Waals surface area contributed by atoms with Gasteiger partial charge in [0, 0.05) is 0 Å². The first kappa shape index (κ1) is 15.7. The van der Waals surface area contributed by atoms with E-state index in [2.05, 4.69) is 20.1 Å². The minimum atomic E-state index is 0.539. The summed E-state index contributed by atoms with van der Waals surface area (Å²) in [5.74, 6) is 1.90. The first-order valence-corrected chi connectivity index (χ1v) is 9.18. The average molecular weight is 371 g/mol. The maximum absolute atomic E-state index is 6.11. The van der Waals surface area contributed by atoms with Crippen LogP contribution in [0.2, 0.25) is 0 Å². The van der Waals surface area contributed by atoms with Crippen molar-refractivity contribution in [3.63, 3.8) is 0 Å². The van der Waals surface area contributed by atoms with Crippen LogP contribution < -0.4 is 4.74 Å². The Morgan fingerprint density at radius 2 is 1.78 bits per heavy atom. The highest BCUT2D eigenvalue weighted by Crippen LogP contribution is 2.31. The zero-order valence-corrected chi connectivity index (χ0v) is 14.9. The third-order valence-electron chi connectivity index (χ3n) is 4.04. The van der Waals surface area contributed by atoms with Gasteiger partial charge in [0.05, 0.1) is 21.5 Å². The second-order valence-electron chi connectivity index (χ2n) is 5.78. The van der Waals surface area contributed by atoms with Crippen LogP contribution >= 0.6 is 11.3 Å². The molecular weight excluding hydrogens is 358 g/mol. The summed E-state index contributed by atoms with van der Waals surface area (Å²) in [6.45, 7) is 0. The highest BCUT2D eigenvalue weighted by atomic mass is 32.1. The highest BCUT2D eigenvalue weighted by Gasteiger charge is 2.12. The lowest BCUT2D eigenvalue weighted by atomic mass is 10.2. The molecule has 0 unspecified atom stereocenters. The van der Waals surface area contributed by atoms with Crippen LogP contribution in [0.4, 0.5) is 0 Å².